The maximum Gasteiger partial charge on any atom is 0.313 e. The van der Waals surface area contributed by atoms with E-state index in [0.717, 1.165) is 43.0 Å². The van der Waals surface area contributed by atoms with Gasteiger partial charge in [0, 0.05) is 28.2 Å². The summed E-state index contributed by atoms with van der Waals surface area (Å²) in [5.41, 5.74) is 0.627. The fourth-order valence-electron chi connectivity index (χ4n) is 7.00. The van der Waals surface area contributed by atoms with E-state index < -0.39 is 17.1 Å². The fraction of sp³-hybridized carbons (Fsp3) is 0.407. The van der Waals surface area contributed by atoms with Crippen LogP contribution in [-0.2, 0) is 9.53 Å². The van der Waals surface area contributed by atoms with Gasteiger partial charge in [0.25, 0.3) is 0 Å². The molecule has 4 bridgehead atoms. The van der Waals surface area contributed by atoms with E-state index in [4.69, 9.17) is 4.74 Å². The van der Waals surface area contributed by atoms with Crippen molar-refractivity contribution < 1.29 is 19.4 Å². The molecule has 7 rings (SSSR count). The molecule has 2 N–H and O–H groups in total. The average molecular weight is 430 g/mol. The van der Waals surface area contributed by atoms with Crippen molar-refractivity contribution in [3.63, 3.8) is 0 Å². The number of fused-ring (bicyclic) bond motifs is 1. The van der Waals surface area contributed by atoms with Crippen LogP contribution in [0.4, 0.5) is 0 Å². The van der Waals surface area contributed by atoms with Crippen LogP contribution in [0.3, 0.4) is 0 Å². The number of Topliss-reactive ketones (excluding diaryl/α,β-unsaturated/α-hetero) is 1. The zero-order chi connectivity index (χ0) is 21.9. The molecule has 164 valence electrons. The number of esters is 1. The van der Waals surface area contributed by atoms with E-state index >= 15 is 0 Å². The number of carbonyl (C=O) groups is 2. The Kier molecular flexibility index (Phi) is 4.34. The summed E-state index contributed by atoms with van der Waals surface area (Å²) in [7, 11) is 0. The van der Waals surface area contributed by atoms with Gasteiger partial charge in [0.15, 0.2) is 6.10 Å². The second-order valence-corrected chi connectivity index (χ2v) is 10.3. The molecule has 4 aliphatic rings. The molecule has 4 aliphatic carbocycles. The van der Waals surface area contributed by atoms with Gasteiger partial charge in [-0.1, -0.05) is 48.5 Å². The van der Waals surface area contributed by atoms with Crippen LogP contribution in [0.1, 0.15) is 60.6 Å². The van der Waals surface area contributed by atoms with Gasteiger partial charge in [-0.2, -0.15) is 0 Å². The van der Waals surface area contributed by atoms with E-state index in [0.29, 0.717) is 29.4 Å². The van der Waals surface area contributed by atoms with Crippen LogP contribution in [0.25, 0.3) is 10.9 Å². The summed E-state index contributed by atoms with van der Waals surface area (Å²) >= 11 is 0. The van der Waals surface area contributed by atoms with Crippen molar-refractivity contribution in [2.24, 2.45) is 17.3 Å². The highest BCUT2D eigenvalue weighted by molar-refractivity contribution is 6.10. The molecule has 5 heteroatoms. The molecule has 0 saturated heterocycles. The third kappa shape index (κ3) is 3.10. The van der Waals surface area contributed by atoms with Crippen LogP contribution in [-0.4, -0.2) is 27.4 Å². The first-order valence-corrected chi connectivity index (χ1v) is 11.5. The number of para-hydroxylation sites is 1. The van der Waals surface area contributed by atoms with Crippen LogP contribution < -0.4 is 0 Å². The lowest BCUT2D eigenvalue weighted by molar-refractivity contribution is -0.198. The highest BCUT2D eigenvalue weighted by atomic mass is 16.5. The van der Waals surface area contributed by atoms with E-state index in [9.17, 15) is 14.7 Å². The normalized spacial score (nSPS) is 31.5. The zero-order valence-electron chi connectivity index (χ0n) is 17.9. The van der Waals surface area contributed by atoms with Crippen molar-refractivity contribution in [1.29, 1.82) is 0 Å². The number of aromatic nitrogens is 1. The van der Waals surface area contributed by atoms with Gasteiger partial charge in [-0.25, -0.2) is 0 Å². The van der Waals surface area contributed by atoms with Crippen molar-refractivity contribution in [2.45, 2.75) is 50.2 Å². The highest BCUT2D eigenvalue weighted by Crippen LogP contribution is 2.62. The Labute approximate surface area is 186 Å². The molecule has 5 nitrogen and oxygen atoms in total. The molecule has 0 radical (unpaired) electrons. The lowest BCUT2D eigenvalue weighted by Gasteiger charge is -2.58. The quantitative estimate of drug-likeness (QED) is 0.443. The molecule has 1 heterocycles. The van der Waals surface area contributed by atoms with E-state index in [1.807, 2.05) is 54.6 Å². The molecular weight excluding hydrogens is 402 g/mol. The number of hydrogen-bond acceptors (Lipinski definition) is 4. The Morgan fingerprint density at radius 3 is 2.38 bits per heavy atom. The lowest BCUT2D eigenvalue weighted by Crippen LogP contribution is -2.58. The number of aromatic amines is 1. The van der Waals surface area contributed by atoms with Crippen molar-refractivity contribution in [1.82, 2.24) is 4.98 Å². The second-order valence-electron chi connectivity index (χ2n) is 10.3. The predicted molar refractivity (Wildman–Crippen MR) is 120 cm³/mol. The number of aliphatic hydroxyl groups is 1. The van der Waals surface area contributed by atoms with Crippen molar-refractivity contribution in [3.05, 3.63) is 71.9 Å². The standard InChI is InChI=1S/C27H27NO4/c29-23(21-15-28-22-9-5-4-8-20(21)22)24(19-6-2-1-3-7-19)32-25(30)26-11-17-10-18(12-26)14-27(31,13-17)16-26/h1-9,15,17-18,24,28,31H,10-14,16H2. The third-order valence-corrected chi connectivity index (χ3v) is 7.88. The van der Waals surface area contributed by atoms with E-state index in [2.05, 4.69) is 4.98 Å². The predicted octanol–water partition coefficient (Wildman–Crippen LogP) is 4.97. The smallest absolute Gasteiger partial charge is 0.313 e. The van der Waals surface area contributed by atoms with Crippen LogP contribution in [0.2, 0.25) is 0 Å². The number of nitrogens with one attached hydrogen (secondary N) is 1. The molecule has 0 amide bonds. The number of H-pyrrole nitrogens is 1. The van der Waals surface area contributed by atoms with E-state index in [-0.39, 0.29) is 11.8 Å². The summed E-state index contributed by atoms with van der Waals surface area (Å²) in [6.45, 7) is 0. The number of carbonyl (C=O) groups excluding carboxylic acids is 2. The first-order valence-electron chi connectivity index (χ1n) is 11.5. The van der Waals surface area contributed by atoms with Gasteiger partial charge in [0.2, 0.25) is 5.78 Å². The molecule has 2 aromatic carbocycles. The third-order valence-electron chi connectivity index (χ3n) is 7.88. The minimum absolute atomic E-state index is 0.231. The summed E-state index contributed by atoms with van der Waals surface area (Å²) < 4.78 is 6.09. The van der Waals surface area contributed by atoms with Crippen molar-refractivity contribution in [3.8, 4) is 0 Å². The van der Waals surface area contributed by atoms with Gasteiger partial charge >= 0.3 is 5.97 Å². The van der Waals surface area contributed by atoms with Crippen LogP contribution in [0.5, 0.6) is 0 Å². The molecule has 4 fully saturated rings. The Bertz CT molecular complexity index is 1180. The molecule has 0 spiro atoms. The molecular formula is C27H27NO4. The minimum Gasteiger partial charge on any atom is -0.449 e. The van der Waals surface area contributed by atoms with Gasteiger partial charge in [-0.3, -0.25) is 9.59 Å². The second kappa shape index (κ2) is 7.04. The number of ether oxygens (including phenoxy) is 1. The minimum atomic E-state index is -1.01. The summed E-state index contributed by atoms with van der Waals surface area (Å²) in [5, 5.41) is 11.9. The van der Waals surface area contributed by atoms with Crippen LogP contribution in [0, 0.1) is 17.3 Å². The maximum absolute atomic E-state index is 13.7. The molecule has 1 aromatic heterocycles. The monoisotopic (exact) mass is 429 g/mol. The Morgan fingerprint density at radius 2 is 1.66 bits per heavy atom. The number of ketones is 1. The van der Waals surface area contributed by atoms with E-state index in [1.165, 1.54) is 0 Å². The topological polar surface area (TPSA) is 79.4 Å². The molecule has 0 aliphatic heterocycles. The average Bonchev–Trinajstić information content (AvgIpc) is 3.20. The largest absolute Gasteiger partial charge is 0.449 e. The lowest BCUT2D eigenvalue weighted by atomic mass is 9.48. The Hall–Kier alpha value is -2.92. The van der Waals surface area contributed by atoms with Gasteiger partial charge in [0.05, 0.1) is 11.0 Å². The van der Waals surface area contributed by atoms with Gasteiger partial charge < -0.3 is 14.8 Å². The fourth-order valence-corrected chi connectivity index (χ4v) is 7.00. The van der Waals surface area contributed by atoms with Crippen molar-refractivity contribution >= 4 is 22.7 Å². The highest BCUT2D eigenvalue weighted by Gasteiger charge is 2.61. The van der Waals surface area contributed by atoms with Gasteiger partial charge in [-0.05, 0) is 56.4 Å². The SMILES string of the molecule is O=C(c1c[nH]c2ccccc12)C(OC(=O)C12CC3CC(CC(O)(C3)C1)C2)c1ccccc1. The summed E-state index contributed by atoms with van der Waals surface area (Å²) in [6, 6.07) is 16.9. The Morgan fingerprint density at radius 1 is 0.969 bits per heavy atom. The molecule has 3 aromatic rings. The first kappa shape index (κ1) is 19.7. The van der Waals surface area contributed by atoms with Gasteiger partial charge in [-0.15, -0.1) is 0 Å². The summed E-state index contributed by atoms with van der Waals surface area (Å²) in [6.07, 6.45) is 5.32. The summed E-state index contributed by atoms with van der Waals surface area (Å²) in [5.74, 6) is 0.180. The molecule has 32 heavy (non-hydrogen) atoms. The number of hydrogen-bond donors (Lipinski definition) is 2. The van der Waals surface area contributed by atoms with Gasteiger partial charge in [0.1, 0.15) is 0 Å². The zero-order valence-corrected chi connectivity index (χ0v) is 17.9. The Balaban J connectivity index is 1.35. The van der Waals surface area contributed by atoms with Crippen LogP contribution >= 0.6 is 0 Å². The first-order chi connectivity index (χ1) is 15.4. The molecule has 4 saturated carbocycles. The maximum atomic E-state index is 13.7. The van der Waals surface area contributed by atoms with Crippen molar-refractivity contribution in [2.75, 3.05) is 0 Å². The number of benzene rings is 2. The molecule has 3 unspecified atom stereocenters. The molecule has 3 atom stereocenters. The van der Waals surface area contributed by atoms with E-state index in [1.54, 1.807) is 6.20 Å². The van der Waals surface area contributed by atoms with Crippen LogP contribution in [0.15, 0.2) is 60.8 Å². The summed E-state index contributed by atoms with van der Waals surface area (Å²) in [4.78, 5) is 30.5. The number of rotatable bonds is 5.